The average Bonchev–Trinajstić information content (AvgIpc) is 2.10. The summed E-state index contributed by atoms with van der Waals surface area (Å²) in [7, 11) is 2.10. The summed E-state index contributed by atoms with van der Waals surface area (Å²) in [6.45, 7) is 4.76. The molecule has 2 nitrogen and oxygen atoms in total. The Labute approximate surface area is 56.5 Å². The van der Waals surface area contributed by atoms with Crippen LogP contribution in [0.4, 0.5) is 0 Å². The Morgan fingerprint density at radius 3 is 2.44 bits per heavy atom. The molecule has 0 radical (unpaired) electrons. The van der Waals surface area contributed by atoms with Gasteiger partial charge >= 0.3 is 0 Å². The van der Waals surface area contributed by atoms with Gasteiger partial charge in [-0.3, -0.25) is 0 Å². The molecule has 0 aliphatic carbocycles. The van der Waals surface area contributed by atoms with Crippen LogP contribution in [0.1, 0.15) is 6.92 Å². The van der Waals surface area contributed by atoms with Crippen LogP contribution >= 0.6 is 0 Å². The molecule has 1 rings (SSSR count). The van der Waals surface area contributed by atoms with Gasteiger partial charge in [-0.05, 0) is 18.9 Å². The van der Waals surface area contributed by atoms with Crippen molar-refractivity contribution in [2.24, 2.45) is 11.8 Å². The van der Waals surface area contributed by atoms with Gasteiger partial charge in [0.1, 0.15) is 0 Å². The highest BCUT2D eigenvalue weighted by atomic mass is 16.3. The number of nitrogens with zero attached hydrogens (tertiary/aromatic N) is 1. The second kappa shape index (κ2) is 2.67. The number of aliphatic hydroxyl groups is 1. The van der Waals surface area contributed by atoms with Gasteiger partial charge in [-0.1, -0.05) is 6.92 Å². The van der Waals surface area contributed by atoms with E-state index in [1.807, 2.05) is 0 Å². The van der Waals surface area contributed by atoms with Crippen LogP contribution in [-0.2, 0) is 0 Å². The largest absolute Gasteiger partial charge is 0.396 e. The lowest BCUT2D eigenvalue weighted by molar-refractivity contribution is 0.208. The summed E-state index contributed by atoms with van der Waals surface area (Å²) in [6, 6.07) is 0. The number of hydrogen-bond donors (Lipinski definition) is 1. The number of likely N-dealkylation sites (tertiary alicyclic amines) is 1. The monoisotopic (exact) mass is 129 g/mol. The number of rotatable bonds is 1. The molecule has 0 aromatic rings. The maximum Gasteiger partial charge on any atom is 0.0474 e. The molecule has 1 aliphatic rings. The predicted molar refractivity (Wildman–Crippen MR) is 37.2 cm³/mol. The van der Waals surface area contributed by atoms with Gasteiger partial charge in [0.25, 0.3) is 0 Å². The number of aliphatic hydroxyl groups excluding tert-OH is 1. The first-order valence-corrected chi connectivity index (χ1v) is 3.53. The van der Waals surface area contributed by atoms with E-state index in [0.717, 1.165) is 13.1 Å². The molecule has 9 heavy (non-hydrogen) atoms. The first-order chi connectivity index (χ1) is 4.24. The Balaban J connectivity index is 2.38. The van der Waals surface area contributed by atoms with Crippen molar-refractivity contribution in [2.75, 3.05) is 26.7 Å². The Hall–Kier alpha value is -0.0800. The smallest absolute Gasteiger partial charge is 0.0474 e. The quantitative estimate of drug-likeness (QED) is 0.546. The van der Waals surface area contributed by atoms with Gasteiger partial charge in [0.15, 0.2) is 0 Å². The first kappa shape index (κ1) is 7.03. The molecule has 0 spiro atoms. The molecular weight excluding hydrogens is 114 g/mol. The van der Waals surface area contributed by atoms with E-state index in [1.54, 1.807) is 0 Å². The molecule has 2 heteroatoms. The van der Waals surface area contributed by atoms with Crippen LogP contribution in [0.25, 0.3) is 0 Å². The van der Waals surface area contributed by atoms with Crippen LogP contribution in [0, 0.1) is 11.8 Å². The van der Waals surface area contributed by atoms with Crippen molar-refractivity contribution in [3.63, 3.8) is 0 Å². The van der Waals surface area contributed by atoms with Gasteiger partial charge < -0.3 is 10.0 Å². The third-order valence-corrected chi connectivity index (χ3v) is 2.19. The molecule has 54 valence electrons. The highest BCUT2D eigenvalue weighted by Crippen LogP contribution is 2.20. The molecule has 0 bridgehead atoms. The zero-order valence-electron chi connectivity index (χ0n) is 6.17. The van der Waals surface area contributed by atoms with Gasteiger partial charge in [0.05, 0.1) is 0 Å². The van der Waals surface area contributed by atoms with Crippen molar-refractivity contribution in [3.8, 4) is 0 Å². The molecule has 0 amide bonds. The molecule has 1 aliphatic heterocycles. The summed E-state index contributed by atoms with van der Waals surface area (Å²) in [6.07, 6.45) is 0. The minimum absolute atomic E-state index is 0.353. The second-order valence-electron chi connectivity index (χ2n) is 3.14. The van der Waals surface area contributed by atoms with E-state index >= 15 is 0 Å². The van der Waals surface area contributed by atoms with E-state index in [1.165, 1.54) is 0 Å². The van der Waals surface area contributed by atoms with Gasteiger partial charge in [-0.15, -0.1) is 0 Å². The summed E-state index contributed by atoms with van der Waals surface area (Å²) in [5, 5.41) is 8.83. The molecule has 2 unspecified atom stereocenters. The summed E-state index contributed by atoms with van der Waals surface area (Å²) in [4.78, 5) is 2.27. The van der Waals surface area contributed by atoms with Gasteiger partial charge in [0, 0.05) is 19.7 Å². The van der Waals surface area contributed by atoms with E-state index in [4.69, 9.17) is 5.11 Å². The second-order valence-corrected chi connectivity index (χ2v) is 3.14. The van der Waals surface area contributed by atoms with Crippen LogP contribution in [0.3, 0.4) is 0 Å². The molecule has 0 aromatic carbocycles. The zero-order chi connectivity index (χ0) is 6.85. The molecule has 1 N–H and O–H groups in total. The van der Waals surface area contributed by atoms with Crippen LogP contribution in [-0.4, -0.2) is 36.8 Å². The Kier molecular flexibility index (Phi) is 2.09. The highest BCUT2D eigenvalue weighted by Gasteiger charge is 2.25. The van der Waals surface area contributed by atoms with Crippen molar-refractivity contribution in [1.82, 2.24) is 4.90 Å². The number of hydrogen-bond acceptors (Lipinski definition) is 2. The van der Waals surface area contributed by atoms with E-state index in [2.05, 4.69) is 18.9 Å². The van der Waals surface area contributed by atoms with E-state index in [9.17, 15) is 0 Å². The lowest BCUT2D eigenvalue weighted by Crippen LogP contribution is -2.15. The van der Waals surface area contributed by atoms with Crippen LogP contribution in [0.5, 0.6) is 0 Å². The molecule has 2 atom stereocenters. The minimum Gasteiger partial charge on any atom is -0.396 e. The SMILES string of the molecule is CC1CN(C)CC1CO. The van der Waals surface area contributed by atoms with Crippen molar-refractivity contribution in [1.29, 1.82) is 0 Å². The van der Waals surface area contributed by atoms with Gasteiger partial charge in [0.2, 0.25) is 0 Å². The predicted octanol–water partition coefficient (Wildman–Crippen LogP) is 0.176. The maximum atomic E-state index is 8.83. The molecule has 0 aromatic heterocycles. The Bertz CT molecular complexity index is 94.9. The lowest BCUT2D eigenvalue weighted by Gasteiger charge is -2.08. The van der Waals surface area contributed by atoms with Crippen molar-refractivity contribution in [2.45, 2.75) is 6.92 Å². The van der Waals surface area contributed by atoms with E-state index in [0.29, 0.717) is 18.4 Å². The Morgan fingerprint density at radius 1 is 1.56 bits per heavy atom. The van der Waals surface area contributed by atoms with Crippen molar-refractivity contribution < 1.29 is 5.11 Å². The third kappa shape index (κ3) is 1.43. The van der Waals surface area contributed by atoms with Gasteiger partial charge in [-0.25, -0.2) is 0 Å². The normalized spacial score (nSPS) is 37.7. The van der Waals surface area contributed by atoms with E-state index in [-0.39, 0.29) is 0 Å². The van der Waals surface area contributed by atoms with Crippen LogP contribution in [0.15, 0.2) is 0 Å². The first-order valence-electron chi connectivity index (χ1n) is 3.53. The summed E-state index contributed by atoms with van der Waals surface area (Å²) in [5.41, 5.74) is 0. The third-order valence-electron chi connectivity index (χ3n) is 2.19. The highest BCUT2D eigenvalue weighted by molar-refractivity contribution is 4.78. The zero-order valence-corrected chi connectivity index (χ0v) is 6.17. The van der Waals surface area contributed by atoms with Crippen LogP contribution < -0.4 is 0 Å². The van der Waals surface area contributed by atoms with Gasteiger partial charge in [-0.2, -0.15) is 0 Å². The Morgan fingerprint density at radius 2 is 2.22 bits per heavy atom. The fourth-order valence-corrected chi connectivity index (χ4v) is 1.53. The van der Waals surface area contributed by atoms with Crippen molar-refractivity contribution in [3.05, 3.63) is 0 Å². The fraction of sp³-hybridized carbons (Fsp3) is 1.00. The molecule has 1 saturated heterocycles. The molecule has 0 saturated carbocycles. The van der Waals surface area contributed by atoms with Crippen LogP contribution in [0.2, 0.25) is 0 Å². The lowest BCUT2D eigenvalue weighted by atomic mass is 10.00. The standard InChI is InChI=1S/C7H15NO/c1-6-3-8(2)4-7(6)5-9/h6-7,9H,3-5H2,1-2H3. The fourth-order valence-electron chi connectivity index (χ4n) is 1.53. The summed E-state index contributed by atoms with van der Waals surface area (Å²) < 4.78 is 0. The van der Waals surface area contributed by atoms with Crippen molar-refractivity contribution >= 4 is 0 Å². The molecule has 1 heterocycles. The van der Waals surface area contributed by atoms with E-state index < -0.39 is 0 Å². The molecule has 1 fully saturated rings. The topological polar surface area (TPSA) is 23.5 Å². The minimum atomic E-state index is 0.353. The maximum absolute atomic E-state index is 8.83. The summed E-state index contributed by atoms with van der Waals surface area (Å²) >= 11 is 0. The molecular formula is C7H15NO. The average molecular weight is 129 g/mol. The summed E-state index contributed by atoms with van der Waals surface area (Å²) in [5.74, 6) is 1.20.